The molecule has 1 aromatic heterocycles. The molecule has 0 saturated carbocycles. The van der Waals surface area contributed by atoms with Crippen LogP contribution in [0.4, 0.5) is 0 Å². The minimum atomic E-state index is -0.467. The summed E-state index contributed by atoms with van der Waals surface area (Å²) in [5, 5.41) is 0. The Morgan fingerprint density at radius 1 is 0.914 bits per heavy atom. The fourth-order valence-electron chi connectivity index (χ4n) is 5.77. The molecule has 0 amide bonds. The molecule has 184 valence electrons. The number of rotatable bonds is 8. The van der Waals surface area contributed by atoms with Crippen molar-refractivity contribution >= 4 is 0 Å². The molecule has 35 heavy (non-hydrogen) atoms. The standard InChI is InChI=1S/C28H34N4O3/c1-20-9-6-7-10-22(20)19-35-26-17-24-13-14-25(18-26)30(24)15-8-16-31-27(33)29-21(2)32(28(31)34)23-11-4-3-5-12-23/h3-7,9-12,24-26H,8,13-19H2,1-2H3. The number of para-hydroxylation sites is 1. The Morgan fingerprint density at radius 3 is 2.31 bits per heavy atom. The molecule has 2 aliphatic rings. The molecule has 2 aliphatic heterocycles. The fourth-order valence-corrected chi connectivity index (χ4v) is 5.77. The molecule has 3 heterocycles. The van der Waals surface area contributed by atoms with Gasteiger partial charge in [-0.05, 0) is 69.2 Å². The van der Waals surface area contributed by atoms with Gasteiger partial charge in [0, 0.05) is 25.2 Å². The Bertz CT molecular complexity index is 1270. The van der Waals surface area contributed by atoms with Gasteiger partial charge in [-0.1, -0.05) is 42.5 Å². The van der Waals surface area contributed by atoms with Gasteiger partial charge in [0.25, 0.3) is 0 Å². The van der Waals surface area contributed by atoms with Crippen LogP contribution < -0.4 is 11.4 Å². The summed E-state index contributed by atoms with van der Waals surface area (Å²) in [6.07, 6.45) is 5.54. The first-order valence-electron chi connectivity index (χ1n) is 12.7. The first-order chi connectivity index (χ1) is 17.0. The van der Waals surface area contributed by atoms with E-state index in [2.05, 4.69) is 41.1 Å². The van der Waals surface area contributed by atoms with E-state index in [-0.39, 0.29) is 5.69 Å². The van der Waals surface area contributed by atoms with Crippen LogP contribution in [-0.4, -0.2) is 43.8 Å². The number of piperidine rings is 1. The van der Waals surface area contributed by atoms with Gasteiger partial charge in [0.15, 0.2) is 0 Å². The number of aromatic nitrogens is 3. The molecule has 2 fully saturated rings. The lowest BCUT2D eigenvalue weighted by atomic mass is 9.99. The van der Waals surface area contributed by atoms with Gasteiger partial charge in [-0.3, -0.25) is 4.90 Å². The topological polar surface area (TPSA) is 69.4 Å². The largest absolute Gasteiger partial charge is 0.373 e. The number of benzene rings is 2. The van der Waals surface area contributed by atoms with Crippen molar-refractivity contribution in [2.75, 3.05) is 6.54 Å². The third kappa shape index (κ3) is 5.02. The molecule has 0 aliphatic carbocycles. The summed E-state index contributed by atoms with van der Waals surface area (Å²) in [5.41, 5.74) is 2.48. The normalized spacial score (nSPS) is 21.9. The fraction of sp³-hybridized carbons (Fsp3) is 0.464. The van der Waals surface area contributed by atoms with Crippen molar-refractivity contribution < 1.29 is 4.74 Å². The van der Waals surface area contributed by atoms with Crippen molar-refractivity contribution in [2.24, 2.45) is 0 Å². The maximum Gasteiger partial charge on any atom is 0.353 e. The van der Waals surface area contributed by atoms with E-state index >= 15 is 0 Å². The van der Waals surface area contributed by atoms with Crippen LogP contribution in [0.2, 0.25) is 0 Å². The highest BCUT2D eigenvalue weighted by Gasteiger charge is 2.40. The summed E-state index contributed by atoms with van der Waals surface area (Å²) >= 11 is 0. The molecule has 0 N–H and O–H groups in total. The second-order valence-corrected chi connectivity index (χ2v) is 9.85. The lowest BCUT2D eigenvalue weighted by Crippen LogP contribution is -2.47. The van der Waals surface area contributed by atoms with Crippen LogP contribution in [0.3, 0.4) is 0 Å². The zero-order valence-electron chi connectivity index (χ0n) is 20.6. The van der Waals surface area contributed by atoms with Crippen LogP contribution in [0.25, 0.3) is 5.69 Å². The van der Waals surface area contributed by atoms with E-state index in [4.69, 9.17) is 4.74 Å². The number of ether oxygens (including phenoxy) is 1. The van der Waals surface area contributed by atoms with Gasteiger partial charge >= 0.3 is 11.4 Å². The maximum absolute atomic E-state index is 13.1. The molecule has 2 unspecified atom stereocenters. The van der Waals surface area contributed by atoms with Crippen molar-refractivity contribution in [3.63, 3.8) is 0 Å². The number of hydrogen-bond acceptors (Lipinski definition) is 5. The van der Waals surface area contributed by atoms with Gasteiger partial charge in [-0.15, -0.1) is 0 Å². The average molecular weight is 475 g/mol. The van der Waals surface area contributed by atoms with Crippen molar-refractivity contribution in [3.8, 4) is 5.69 Å². The van der Waals surface area contributed by atoms with Crippen molar-refractivity contribution in [3.05, 3.63) is 92.5 Å². The van der Waals surface area contributed by atoms with Crippen LogP contribution in [-0.2, 0) is 17.9 Å². The van der Waals surface area contributed by atoms with Crippen LogP contribution in [0.15, 0.2) is 64.2 Å². The van der Waals surface area contributed by atoms with E-state index in [1.165, 1.54) is 33.1 Å². The summed E-state index contributed by atoms with van der Waals surface area (Å²) in [4.78, 5) is 32.4. The van der Waals surface area contributed by atoms with Gasteiger partial charge < -0.3 is 4.74 Å². The van der Waals surface area contributed by atoms with Crippen molar-refractivity contribution in [1.82, 2.24) is 19.0 Å². The molecule has 0 radical (unpaired) electrons. The molecular formula is C28H34N4O3. The zero-order chi connectivity index (χ0) is 24.4. The van der Waals surface area contributed by atoms with Gasteiger partial charge in [0.2, 0.25) is 0 Å². The Kier molecular flexibility index (Phi) is 6.97. The number of aryl methyl sites for hydroxylation is 2. The van der Waals surface area contributed by atoms with Gasteiger partial charge in [0.05, 0.1) is 18.4 Å². The Morgan fingerprint density at radius 2 is 1.60 bits per heavy atom. The smallest absolute Gasteiger partial charge is 0.353 e. The molecule has 7 nitrogen and oxygen atoms in total. The number of fused-ring (bicyclic) bond motifs is 2. The summed E-state index contributed by atoms with van der Waals surface area (Å²) < 4.78 is 9.12. The molecule has 0 spiro atoms. The predicted molar refractivity (Wildman–Crippen MR) is 136 cm³/mol. The first-order valence-corrected chi connectivity index (χ1v) is 12.7. The van der Waals surface area contributed by atoms with Crippen LogP contribution >= 0.6 is 0 Å². The predicted octanol–water partition coefficient (Wildman–Crippen LogP) is 3.61. The van der Waals surface area contributed by atoms with Gasteiger partial charge in [-0.25, -0.2) is 18.7 Å². The monoisotopic (exact) mass is 474 g/mol. The third-order valence-corrected chi connectivity index (χ3v) is 7.62. The first kappa shape index (κ1) is 23.7. The van der Waals surface area contributed by atoms with E-state index in [0.717, 1.165) is 31.5 Å². The highest BCUT2D eigenvalue weighted by molar-refractivity contribution is 5.31. The van der Waals surface area contributed by atoms with Gasteiger partial charge in [0.1, 0.15) is 5.82 Å². The Hall–Kier alpha value is -3.03. The lowest BCUT2D eigenvalue weighted by Gasteiger charge is -2.39. The minimum absolute atomic E-state index is 0.297. The van der Waals surface area contributed by atoms with E-state index in [1.807, 2.05) is 30.3 Å². The molecule has 2 bridgehead atoms. The summed E-state index contributed by atoms with van der Waals surface area (Å²) in [6, 6.07) is 18.8. The molecule has 2 saturated heterocycles. The van der Waals surface area contributed by atoms with E-state index in [1.54, 1.807) is 6.92 Å². The molecule has 3 aromatic rings. The highest BCUT2D eigenvalue weighted by Crippen LogP contribution is 2.37. The molecule has 2 atom stereocenters. The van der Waals surface area contributed by atoms with Crippen molar-refractivity contribution in [2.45, 2.75) is 77.3 Å². The molecule has 7 heteroatoms. The van der Waals surface area contributed by atoms with E-state index < -0.39 is 5.69 Å². The Labute approximate surface area is 206 Å². The maximum atomic E-state index is 13.1. The summed E-state index contributed by atoms with van der Waals surface area (Å²) in [6.45, 7) is 5.76. The second kappa shape index (κ2) is 10.3. The number of nitrogens with zero attached hydrogens (tertiary/aromatic N) is 4. The summed E-state index contributed by atoms with van der Waals surface area (Å²) in [7, 11) is 0. The molecule has 2 aromatic carbocycles. The highest BCUT2D eigenvalue weighted by atomic mass is 16.5. The molecule has 5 rings (SSSR count). The quantitative estimate of drug-likeness (QED) is 0.499. The average Bonchev–Trinajstić information content (AvgIpc) is 3.08. The van der Waals surface area contributed by atoms with E-state index in [9.17, 15) is 9.59 Å². The second-order valence-electron chi connectivity index (χ2n) is 9.85. The zero-order valence-corrected chi connectivity index (χ0v) is 20.6. The SMILES string of the molecule is Cc1ccccc1COC1CC2CCC(C1)N2CCCn1c(=O)nc(C)n(-c2ccccc2)c1=O. The van der Waals surface area contributed by atoms with Crippen molar-refractivity contribution in [1.29, 1.82) is 0 Å². The summed E-state index contributed by atoms with van der Waals surface area (Å²) in [5.74, 6) is 0.410. The van der Waals surface area contributed by atoms with E-state index in [0.29, 0.717) is 37.2 Å². The van der Waals surface area contributed by atoms with Crippen LogP contribution in [0, 0.1) is 13.8 Å². The minimum Gasteiger partial charge on any atom is -0.373 e. The number of hydrogen-bond donors (Lipinski definition) is 0. The van der Waals surface area contributed by atoms with Gasteiger partial charge in [-0.2, -0.15) is 4.98 Å². The molecular weight excluding hydrogens is 440 g/mol. The Balaban J connectivity index is 1.20. The third-order valence-electron chi connectivity index (χ3n) is 7.62. The lowest BCUT2D eigenvalue weighted by molar-refractivity contribution is -0.0287. The van der Waals surface area contributed by atoms with Crippen LogP contribution in [0.5, 0.6) is 0 Å². The van der Waals surface area contributed by atoms with Crippen LogP contribution in [0.1, 0.15) is 49.1 Å².